The van der Waals surface area contributed by atoms with Crippen molar-refractivity contribution in [3.05, 3.63) is 29.8 Å². The first-order chi connectivity index (χ1) is 10.4. The fraction of sp³-hybridized carbons (Fsp3) is 0.375. The van der Waals surface area contributed by atoms with Crippen LogP contribution in [-0.2, 0) is 0 Å². The highest BCUT2D eigenvalue weighted by atomic mass is 32.2. The number of aryl methyl sites for hydroxylation is 1. The average Bonchev–Trinajstić information content (AvgIpc) is 2.87. The second-order valence-corrected chi connectivity index (χ2v) is 6.93. The van der Waals surface area contributed by atoms with Crippen LogP contribution in [0.2, 0.25) is 0 Å². The van der Waals surface area contributed by atoms with Crippen molar-refractivity contribution >= 4 is 28.3 Å². The molecule has 6 heteroatoms. The number of ether oxygens (including phenoxy) is 1. The summed E-state index contributed by atoms with van der Waals surface area (Å²) >= 11 is 1.50. The standard InChI is InChI=1S/C16H19N3O2S/c1-10-7-14-17-18-15(22-9-16(2,3)20)19(14)13-8-11(21-4)5-6-12(10)13/h5-8,20H,9H2,1-4H3. The molecule has 0 unspecified atom stereocenters. The monoisotopic (exact) mass is 317 g/mol. The third-order valence-corrected chi connectivity index (χ3v) is 4.80. The van der Waals surface area contributed by atoms with E-state index in [2.05, 4.69) is 17.1 Å². The third kappa shape index (κ3) is 2.76. The van der Waals surface area contributed by atoms with Crippen molar-refractivity contribution in [2.45, 2.75) is 31.5 Å². The lowest BCUT2D eigenvalue weighted by molar-refractivity contribution is 0.107. The molecule has 1 N–H and O–H groups in total. The predicted molar refractivity (Wildman–Crippen MR) is 88.8 cm³/mol. The maximum Gasteiger partial charge on any atom is 0.196 e. The first kappa shape index (κ1) is 15.1. The van der Waals surface area contributed by atoms with Gasteiger partial charge in [-0.1, -0.05) is 11.8 Å². The number of hydrogen-bond acceptors (Lipinski definition) is 5. The van der Waals surface area contributed by atoms with Gasteiger partial charge in [-0.15, -0.1) is 10.2 Å². The Kier molecular flexibility index (Phi) is 3.74. The van der Waals surface area contributed by atoms with Crippen molar-refractivity contribution in [1.29, 1.82) is 0 Å². The summed E-state index contributed by atoms with van der Waals surface area (Å²) in [7, 11) is 1.66. The minimum absolute atomic E-state index is 0.549. The summed E-state index contributed by atoms with van der Waals surface area (Å²) in [5, 5.41) is 20.4. The molecule has 2 heterocycles. The highest BCUT2D eigenvalue weighted by Gasteiger charge is 2.17. The molecule has 116 valence electrons. The minimum atomic E-state index is -0.755. The largest absolute Gasteiger partial charge is 0.497 e. The van der Waals surface area contributed by atoms with Gasteiger partial charge in [-0.25, -0.2) is 0 Å². The van der Waals surface area contributed by atoms with Crippen LogP contribution in [0.5, 0.6) is 5.75 Å². The average molecular weight is 317 g/mol. The van der Waals surface area contributed by atoms with Crippen molar-refractivity contribution in [2.75, 3.05) is 12.9 Å². The molecule has 0 aliphatic carbocycles. The van der Waals surface area contributed by atoms with Crippen LogP contribution in [0.4, 0.5) is 0 Å². The lowest BCUT2D eigenvalue weighted by Crippen LogP contribution is -2.21. The molecule has 5 nitrogen and oxygen atoms in total. The molecular weight excluding hydrogens is 298 g/mol. The van der Waals surface area contributed by atoms with Crippen LogP contribution in [0.15, 0.2) is 29.4 Å². The number of rotatable bonds is 4. The van der Waals surface area contributed by atoms with Gasteiger partial charge in [0, 0.05) is 17.2 Å². The van der Waals surface area contributed by atoms with Gasteiger partial charge >= 0.3 is 0 Å². The molecule has 0 aliphatic rings. The normalized spacial score (nSPS) is 12.2. The van der Waals surface area contributed by atoms with E-state index in [1.54, 1.807) is 21.0 Å². The van der Waals surface area contributed by atoms with Crippen LogP contribution in [-0.4, -0.2) is 38.2 Å². The summed E-state index contributed by atoms with van der Waals surface area (Å²) in [5.41, 5.74) is 2.21. The first-order valence-corrected chi connectivity index (χ1v) is 8.05. The fourth-order valence-electron chi connectivity index (χ4n) is 2.36. The Bertz CT molecular complexity index is 837. The van der Waals surface area contributed by atoms with Gasteiger partial charge in [-0.05, 0) is 44.5 Å². The van der Waals surface area contributed by atoms with E-state index >= 15 is 0 Å². The van der Waals surface area contributed by atoms with Gasteiger partial charge in [0.1, 0.15) is 5.75 Å². The van der Waals surface area contributed by atoms with Gasteiger partial charge in [-0.3, -0.25) is 4.40 Å². The molecule has 0 amide bonds. The van der Waals surface area contributed by atoms with Crippen LogP contribution >= 0.6 is 11.8 Å². The molecule has 1 aromatic carbocycles. The summed E-state index contributed by atoms with van der Waals surface area (Å²) in [4.78, 5) is 0. The van der Waals surface area contributed by atoms with Gasteiger partial charge < -0.3 is 9.84 Å². The van der Waals surface area contributed by atoms with E-state index in [1.807, 2.05) is 28.7 Å². The topological polar surface area (TPSA) is 59.7 Å². The van der Waals surface area contributed by atoms with Gasteiger partial charge in [0.05, 0.1) is 18.2 Å². The van der Waals surface area contributed by atoms with Crippen molar-refractivity contribution in [2.24, 2.45) is 0 Å². The van der Waals surface area contributed by atoms with Gasteiger partial charge in [-0.2, -0.15) is 0 Å². The number of aliphatic hydroxyl groups is 1. The van der Waals surface area contributed by atoms with Crippen LogP contribution in [0.1, 0.15) is 19.4 Å². The smallest absolute Gasteiger partial charge is 0.196 e. The summed E-state index contributed by atoms with van der Waals surface area (Å²) in [6.07, 6.45) is 0. The number of thioether (sulfide) groups is 1. The molecule has 0 atom stereocenters. The minimum Gasteiger partial charge on any atom is -0.497 e. The van der Waals surface area contributed by atoms with Crippen molar-refractivity contribution in [1.82, 2.24) is 14.6 Å². The Morgan fingerprint density at radius 1 is 1.27 bits per heavy atom. The lowest BCUT2D eigenvalue weighted by atomic mass is 10.1. The van der Waals surface area contributed by atoms with Crippen LogP contribution in [0.3, 0.4) is 0 Å². The molecule has 0 fully saturated rings. The van der Waals surface area contributed by atoms with Gasteiger partial charge in [0.25, 0.3) is 0 Å². The SMILES string of the molecule is COc1ccc2c(C)cc3nnc(SCC(C)(C)O)n3c2c1. The molecule has 22 heavy (non-hydrogen) atoms. The molecule has 3 aromatic rings. The quantitative estimate of drug-likeness (QED) is 0.749. The summed E-state index contributed by atoms with van der Waals surface area (Å²) in [6, 6.07) is 8.02. The zero-order valence-electron chi connectivity index (χ0n) is 13.1. The summed E-state index contributed by atoms with van der Waals surface area (Å²) < 4.78 is 7.36. The Labute approximate surface area is 133 Å². The number of methoxy groups -OCH3 is 1. The molecule has 0 aliphatic heterocycles. The van der Waals surface area contributed by atoms with Crippen LogP contribution in [0, 0.1) is 6.92 Å². The molecule has 0 radical (unpaired) electrons. The van der Waals surface area contributed by atoms with Crippen molar-refractivity contribution in [3.8, 4) is 5.75 Å². The second kappa shape index (κ2) is 5.44. The van der Waals surface area contributed by atoms with Crippen LogP contribution in [0.25, 0.3) is 16.6 Å². The molecule has 2 aromatic heterocycles. The Morgan fingerprint density at radius 2 is 2.05 bits per heavy atom. The van der Waals surface area contributed by atoms with E-state index in [-0.39, 0.29) is 0 Å². The van der Waals surface area contributed by atoms with E-state index in [1.165, 1.54) is 11.8 Å². The van der Waals surface area contributed by atoms with E-state index in [4.69, 9.17) is 4.74 Å². The van der Waals surface area contributed by atoms with E-state index in [0.717, 1.165) is 33.0 Å². The third-order valence-electron chi connectivity index (χ3n) is 3.43. The maximum absolute atomic E-state index is 9.93. The molecule has 0 bridgehead atoms. The molecule has 0 saturated carbocycles. The van der Waals surface area contributed by atoms with Gasteiger partial charge in [0.15, 0.2) is 10.8 Å². The number of nitrogens with zero attached hydrogens (tertiary/aromatic N) is 3. The number of aromatic nitrogens is 3. The Morgan fingerprint density at radius 3 is 2.73 bits per heavy atom. The molecule has 0 spiro atoms. The first-order valence-electron chi connectivity index (χ1n) is 7.07. The predicted octanol–water partition coefficient (Wildman–Crippen LogP) is 3.06. The van der Waals surface area contributed by atoms with E-state index < -0.39 is 5.60 Å². The fourth-order valence-corrected chi connectivity index (χ4v) is 3.27. The summed E-state index contributed by atoms with van der Waals surface area (Å²) in [6.45, 7) is 5.64. The number of fused-ring (bicyclic) bond motifs is 3. The van der Waals surface area contributed by atoms with Gasteiger partial charge in [0.2, 0.25) is 0 Å². The highest BCUT2D eigenvalue weighted by Crippen LogP contribution is 2.29. The Hall–Kier alpha value is -1.79. The van der Waals surface area contributed by atoms with Crippen molar-refractivity contribution in [3.63, 3.8) is 0 Å². The van der Waals surface area contributed by atoms with E-state index in [0.29, 0.717) is 5.75 Å². The number of pyridine rings is 1. The number of hydrogen-bond donors (Lipinski definition) is 1. The second-order valence-electron chi connectivity index (χ2n) is 5.99. The number of benzene rings is 1. The zero-order valence-corrected chi connectivity index (χ0v) is 13.9. The molecule has 3 rings (SSSR count). The Balaban J connectivity index is 2.21. The molecule has 0 saturated heterocycles. The lowest BCUT2D eigenvalue weighted by Gasteiger charge is -2.15. The van der Waals surface area contributed by atoms with E-state index in [9.17, 15) is 5.11 Å². The summed E-state index contributed by atoms with van der Waals surface area (Å²) in [5.74, 6) is 1.35. The highest BCUT2D eigenvalue weighted by molar-refractivity contribution is 7.99. The molecular formula is C16H19N3O2S. The maximum atomic E-state index is 9.93. The van der Waals surface area contributed by atoms with Crippen LogP contribution < -0.4 is 4.74 Å². The zero-order chi connectivity index (χ0) is 15.9. The van der Waals surface area contributed by atoms with Crippen molar-refractivity contribution < 1.29 is 9.84 Å².